The summed E-state index contributed by atoms with van der Waals surface area (Å²) in [6.45, 7) is 3.30. The van der Waals surface area contributed by atoms with Gasteiger partial charge in [0.25, 0.3) is 11.8 Å². The van der Waals surface area contributed by atoms with Crippen molar-refractivity contribution in [1.82, 2.24) is 54.9 Å². The number of nitrogens with zero attached hydrogens (tertiary/aromatic N) is 9. The van der Waals surface area contributed by atoms with Crippen molar-refractivity contribution in [3.63, 3.8) is 0 Å². The number of aromatic nitrogens is 9. The summed E-state index contributed by atoms with van der Waals surface area (Å²) in [6, 6.07) is 27.5. The first-order valence-corrected chi connectivity index (χ1v) is 18.7. The molecule has 0 bridgehead atoms. The monoisotopic (exact) mass is 773 g/mol. The van der Waals surface area contributed by atoms with E-state index in [4.69, 9.17) is 4.98 Å². The van der Waals surface area contributed by atoms with Crippen LogP contribution in [0.4, 0.5) is 0 Å². The fourth-order valence-corrected chi connectivity index (χ4v) is 6.17. The number of carbonyl (C=O) groups excluding carboxylic acids is 2. The smallest absolute Gasteiger partial charge is 0.251 e. The molecule has 6 heterocycles. The quantitative estimate of drug-likeness (QED) is 0.171. The Morgan fingerprint density at radius 3 is 2.05 bits per heavy atom. The minimum absolute atomic E-state index is 0.211. The van der Waals surface area contributed by atoms with Crippen LogP contribution in [0.5, 0.6) is 0 Å². The zero-order valence-corrected chi connectivity index (χ0v) is 31.8. The molecule has 8 aromatic rings. The molecule has 0 fully saturated rings. The molecule has 6 aromatic heterocycles. The third kappa shape index (κ3) is 9.02. The van der Waals surface area contributed by atoms with E-state index >= 15 is 0 Å². The second-order valence-corrected chi connectivity index (χ2v) is 13.2. The van der Waals surface area contributed by atoms with Gasteiger partial charge in [-0.2, -0.15) is 15.3 Å². The molecule has 0 unspecified atom stereocenters. The van der Waals surface area contributed by atoms with Crippen molar-refractivity contribution >= 4 is 11.8 Å². The van der Waals surface area contributed by atoms with Crippen LogP contribution in [0.3, 0.4) is 0 Å². The average molecular weight is 774 g/mol. The molecule has 0 atom stereocenters. The summed E-state index contributed by atoms with van der Waals surface area (Å²) >= 11 is 0. The highest BCUT2D eigenvalue weighted by molar-refractivity contribution is 5.95. The van der Waals surface area contributed by atoms with Crippen molar-refractivity contribution in [2.75, 3.05) is 6.54 Å². The van der Waals surface area contributed by atoms with Gasteiger partial charge < -0.3 is 10.6 Å². The number of aryl methyl sites for hydroxylation is 1. The second-order valence-electron chi connectivity index (χ2n) is 13.2. The van der Waals surface area contributed by atoms with Crippen molar-refractivity contribution in [1.29, 1.82) is 0 Å². The number of rotatable bonds is 10. The van der Waals surface area contributed by atoms with Crippen molar-refractivity contribution in [3.05, 3.63) is 191 Å². The third-order valence-electron chi connectivity index (χ3n) is 9.22. The Morgan fingerprint density at radius 2 is 1.37 bits per heavy atom. The van der Waals surface area contributed by atoms with Crippen LogP contribution in [0.25, 0.3) is 22.8 Å². The molecule has 2 N–H and O–H groups in total. The number of nitrogens with one attached hydrogen (secondary N) is 2. The fraction of sp³-hybridized carbons (Fsp3) is 0.0870. The van der Waals surface area contributed by atoms with Crippen molar-refractivity contribution < 1.29 is 9.59 Å². The molecule has 0 aliphatic rings. The molecule has 13 heteroatoms. The van der Waals surface area contributed by atoms with Gasteiger partial charge in [0.05, 0.1) is 46.6 Å². The molecule has 2 aromatic carbocycles. The molecule has 0 saturated heterocycles. The highest BCUT2D eigenvalue weighted by Gasteiger charge is 2.16. The largest absolute Gasteiger partial charge is 0.350 e. The Labute approximate surface area is 339 Å². The second kappa shape index (κ2) is 17.6. The van der Waals surface area contributed by atoms with E-state index in [0.717, 1.165) is 22.5 Å². The fourth-order valence-electron chi connectivity index (χ4n) is 6.17. The minimum Gasteiger partial charge on any atom is -0.350 e. The standard InChI is InChI=1S/C46H35N11O2/c1-33-17-22-53-55(33)26-24-49-45(58)39-12-15-42(56-25-4-21-52-56)37(27-39)10-8-35-9-14-41(50-31-35)44-18-23-54-57(44)43-16-13-40(46(59)51-32-36-6-3-20-48-30-36)28-38(43)11-7-34-5-2-19-47-29-34/h2-6,9,12-23,25,27-31H,24,26,32H2,1H3,(H,49,58)(H,51,59). The summed E-state index contributed by atoms with van der Waals surface area (Å²) in [6.07, 6.45) is 15.4. The molecule has 286 valence electrons. The topological polar surface area (TPSA) is 150 Å². The van der Waals surface area contributed by atoms with Gasteiger partial charge in [0.15, 0.2) is 0 Å². The van der Waals surface area contributed by atoms with E-state index in [9.17, 15) is 9.59 Å². The normalized spacial score (nSPS) is 10.5. The summed E-state index contributed by atoms with van der Waals surface area (Å²) in [5.41, 5.74) is 8.22. The van der Waals surface area contributed by atoms with E-state index in [0.29, 0.717) is 64.5 Å². The summed E-state index contributed by atoms with van der Waals surface area (Å²) in [4.78, 5) is 39.5. The number of carbonyl (C=O) groups is 2. The Kier molecular flexibility index (Phi) is 11.2. The van der Waals surface area contributed by atoms with Crippen LogP contribution < -0.4 is 10.6 Å². The Bertz CT molecular complexity index is 2860. The van der Waals surface area contributed by atoms with Gasteiger partial charge in [-0.3, -0.25) is 29.2 Å². The maximum absolute atomic E-state index is 13.3. The van der Waals surface area contributed by atoms with Crippen LogP contribution in [0.2, 0.25) is 0 Å². The van der Waals surface area contributed by atoms with Gasteiger partial charge in [0, 0.05) is 90.6 Å². The summed E-state index contributed by atoms with van der Waals surface area (Å²) < 4.78 is 5.31. The van der Waals surface area contributed by atoms with E-state index in [1.54, 1.807) is 83.2 Å². The molecule has 0 aliphatic heterocycles. The van der Waals surface area contributed by atoms with Gasteiger partial charge in [-0.1, -0.05) is 29.7 Å². The molecule has 0 aliphatic carbocycles. The van der Waals surface area contributed by atoms with E-state index in [2.05, 4.69) is 59.6 Å². The first kappa shape index (κ1) is 37.5. The van der Waals surface area contributed by atoms with Crippen molar-refractivity contribution in [2.24, 2.45) is 0 Å². The zero-order valence-electron chi connectivity index (χ0n) is 31.8. The first-order chi connectivity index (χ1) is 29.0. The van der Waals surface area contributed by atoms with E-state index < -0.39 is 0 Å². The lowest BCUT2D eigenvalue weighted by atomic mass is 10.1. The van der Waals surface area contributed by atoms with Gasteiger partial charge in [0.2, 0.25) is 0 Å². The molecular formula is C46H35N11O2. The van der Waals surface area contributed by atoms with Gasteiger partial charge in [0.1, 0.15) is 0 Å². The van der Waals surface area contributed by atoms with E-state index in [1.165, 1.54) is 0 Å². The molecule has 2 amide bonds. The lowest BCUT2D eigenvalue weighted by molar-refractivity contribution is 0.0943. The molecule has 0 spiro atoms. The molecule has 0 radical (unpaired) electrons. The zero-order chi connectivity index (χ0) is 40.4. The number of hydrogen-bond acceptors (Lipinski definition) is 8. The summed E-state index contributed by atoms with van der Waals surface area (Å²) in [5, 5.41) is 19.2. The highest BCUT2D eigenvalue weighted by atomic mass is 16.2. The van der Waals surface area contributed by atoms with Gasteiger partial charge in [-0.05, 0) is 97.4 Å². The Hall–Kier alpha value is -8.42. The van der Waals surface area contributed by atoms with Crippen LogP contribution >= 0.6 is 0 Å². The van der Waals surface area contributed by atoms with E-state index in [-0.39, 0.29) is 11.8 Å². The lowest BCUT2D eigenvalue weighted by Crippen LogP contribution is -2.27. The highest BCUT2D eigenvalue weighted by Crippen LogP contribution is 2.24. The van der Waals surface area contributed by atoms with Crippen LogP contribution in [-0.2, 0) is 13.1 Å². The van der Waals surface area contributed by atoms with Crippen molar-refractivity contribution in [2.45, 2.75) is 20.0 Å². The maximum Gasteiger partial charge on any atom is 0.251 e. The first-order valence-electron chi connectivity index (χ1n) is 18.7. The van der Waals surface area contributed by atoms with Gasteiger partial charge >= 0.3 is 0 Å². The van der Waals surface area contributed by atoms with Crippen LogP contribution in [0.15, 0.2) is 147 Å². The lowest BCUT2D eigenvalue weighted by Gasteiger charge is -2.12. The predicted octanol–water partition coefficient (Wildman–Crippen LogP) is 5.57. The number of amides is 2. The summed E-state index contributed by atoms with van der Waals surface area (Å²) in [5.74, 6) is 12.4. The van der Waals surface area contributed by atoms with Gasteiger partial charge in [-0.15, -0.1) is 0 Å². The third-order valence-corrected chi connectivity index (χ3v) is 9.22. The minimum atomic E-state index is -0.243. The Morgan fingerprint density at radius 1 is 0.644 bits per heavy atom. The molecule has 8 rings (SSSR count). The molecule has 0 saturated carbocycles. The van der Waals surface area contributed by atoms with E-state index in [1.807, 2.05) is 84.5 Å². The SMILES string of the molecule is Cc1ccnn1CCNC(=O)c1ccc(-n2cccn2)c(C#Cc2ccc(-c3ccnn3-c3ccc(C(=O)NCc4cccnc4)cc3C#Cc3cccnc3)nc2)c1. The number of hydrogen-bond donors (Lipinski definition) is 2. The molecule has 13 nitrogen and oxygen atoms in total. The molecular weight excluding hydrogens is 739 g/mol. The Balaban J connectivity index is 1.05. The summed E-state index contributed by atoms with van der Waals surface area (Å²) in [7, 11) is 0. The predicted molar refractivity (Wildman–Crippen MR) is 221 cm³/mol. The van der Waals surface area contributed by atoms with Crippen LogP contribution in [0.1, 0.15) is 54.2 Å². The van der Waals surface area contributed by atoms with Crippen LogP contribution in [0, 0.1) is 30.6 Å². The number of pyridine rings is 3. The maximum atomic E-state index is 13.3. The number of benzene rings is 2. The van der Waals surface area contributed by atoms with Gasteiger partial charge in [-0.25, -0.2) is 9.36 Å². The van der Waals surface area contributed by atoms with Crippen molar-refractivity contribution in [3.8, 4) is 46.4 Å². The molecule has 59 heavy (non-hydrogen) atoms. The van der Waals surface area contributed by atoms with Crippen LogP contribution in [-0.4, -0.2) is 62.7 Å². The average Bonchev–Trinajstić information content (AvgIpc) is 4.09.